The molecule has 1 aliphatic heterocycles. The van der Waals surface area contributed by atoms with E-state index in [4.69, 9.17) is 4.98 Å². The van der Waals surface area contributed by atoms with E-state index in [2.05, 4.69) is 48.5 Å². The van der Waals surface area contributed by atoms with E-state index in [0.717, 1.165) is 11.5 Å². The Kier molecular flexibility index (Phi) is 6.02. The highest BCUT2D eigenvalue weighted by Crippen LogP contribution is 2.36. The monoisotopic (exact) mass is 333 g/mol. The minimum atomic E-state index is 0.00631. The van der Waals surface area contributed by atoms with Gasteiger partial charge < -0.3 is 0 Å². The molecule has 110 valence electrons. The Morgan fingerprint density at radius 2 is 1.38 bits per heavy atom. The molecule has 1 nitrogen and oxygen atoms in total. The molecule has 2 aromatic rings. The fourth-order valence-corrected chi connectivity index (χ4v) is 7.56. The van der Waals surface area contributed by atoms with Crippen LogP contribution in [0.4, 0.5) is 0 Å². The third-order valence-electron chi connectivity index (χ3n) is 3.50. The molecule has 1 aromatic heterocycles. The van der Waals surface area contributed by atoms with E-state index in [0.29, 0.717) is 0 Å². The van der Waals surface area contributed by atoms with Gasteiger partial charge in [-0.2, -0.15) is 23.5 Å². The van der Waals surface area contributed by atoms with Crippen molar-refractivity contribution in [2.45, 2.75) is 11.5 Å². The van der Waals surface area contributed by atoms with Crippen LogP contribution >= 0.6 is 31.4 Å². The molecule has 21 heavy (non-hydrogen) atoms. The first-order chi connectivity index (χ1) is 10.4. The highest BCUT2D eigenvalue weighted by Gasteiger charge is 2.12. The summed E-state index contributed by atoms with van der Waals surface area (Å²) in [5.41, 5.74) is 2.48. The largest absolute Gasteiger partial charge is 0.256 e. The van der Waals surface area contributed by atoms with Crippen molar-refractivity contribution < 1.29 is 0 Å². The van der Waals surface area contributed by atoms with Crippen molar-refractivity contribution in [3.8, 4) is 0 Å². The van der Waals surface area contributed by atoms with Crippen LogP contribution in [0.2, 0.25) is 0 Å². The Morgan fingerprint density at radius 1 is 0.762 bits per heavy atom. The molecule has 0 saturated heterocycles. The quantitative estimate of drug-likeness (QED) is 0.719. The molecule has 2 heterocycles. The predicted octanol–water partition coefficient (Wildman–Crippen LogP) is 4.37. The Hall–Kier alpha value is -0.500. The Morgan fingerprint density at radius 3 is 2.00 bits per heavy atom. The lowest BCUT2D eigenvalue weighted by molar-refractivity contribution is 1.09. The second-order valence-electron chi connectivity index (χ2n) is 5.05. The molecule has 0 amide bonds. The van der Waals surface area contributed by atoms with Gasteiger partial charge >= 0.3 is 0 Å². The number of hydrogen-bond acceptors (Lipinski definition) is 3. The van der Waals surface area contributed by atoms with Crippen LogP contribution in [0.1, 0.15) is 11.4 Å². The number of rotatable bonds is 1. The van der Waals surface area contributed by atoms with Crippen molar-refractivity contribution in [1.82, 2.24) is 4.98 Å². The van der Waals surface area contributed by atoms with Crippen LogP contribution in [0, 0.1) is 0 Å². The van der Waals surface area contributed by atoms with Crippen molar-refractivity contribution >= 4 is 36.7 Å². The SMILES string of the molecule is c1ccc(P2CCSCc3cccc(n3)CSCC2)cc1. The van der Waals surface area contributed by atoms with Gasteiger partial charge in [0.15, 0.2) is 0 Å². The molecule has 0 aliphatic carbocycles. The molecule has 2 bridgehead atoms. The third-order valence-corrected chi connectivity index (χ3v) is 8.64. The van der Waals surface area contributed by atoms with Gasteiger partial charge in [0.05, 0.1) is 11.4 Å². The molecule has 0 saturated carbocycles. The first kappa shape index (κ1) is 15.4. The highest BCUT2D eigenvalue weighted by molar-refractivity contribution is 7.99. The van der Waals surface area contributed by atoms with Gasteiger partial charge in [-0.3, -0.25) is 4.98 Å². The third kappa shape index (κ3) is 4.74. The summed E-state index contributed by atoms with van der Waals surface area (Å²) >= 11 is 4.07. The highest BCUT2D eigenvalue weighted by atomic mass is 32.2. The van der Waals surface area contributed by atoms with E-state index < -0.39 is 0 Å². The van der Waals surface area contributed by atoms with E-state index in [1.165, 1.54) is 35.2 Å². The number of benzene rings is 1. The van der Waals surface area contributed by atoms with Crippen LogP contribution < -0.4 is 5.30 Å². The lowest BCUT2D eigenvalue weighted by Crippen LogP contribution is -2.09. The van der Waals surface area contributed by atoms with Crippen molar-refractivity contribution in [1.29, 1.82) is 0 Å². The molecule has 4 heteroatoms. The van der Waals surface area contributed by atoms with Gasteiger partial charge in [0, 0.05) is 11.5 Å². The topological polar surface area (TPSA) is 12.9 Å². The normalized spacial score (nSPS) is 17.7. The average Bonchev–Trinajstić information content (AvgIpc) is 2.53. The average molecular weight is 333 g/mol. The van der Waals surface area contributed by atoms with Gasteiger partial charge in [0.1, 0.15) is 0 Å². The number of fused-ring (bicyclic) bond motifs is 2. The maximum Gasteiger partial charge on any atom is 0.0506 e. The summed E-state index contributed by atoms with van der Waals surface area (Å²) < 4.78 is 0. The summed E-state index contributed by atoms with van der Waals surface area (Å²) in [6.45, 7) is 0. The standard InChI is InChI=1S/C17H20NPS2/c1-2-7-17(8-3-1)19-9-11-20-13-15-5-4-6-16(18-15)14-21-12-10-19/h1-8H,9-14H2. The predicted molar refractivity (Wildman–Crippen MR) is 99.3 cm³/mol. The summed E-state index contributed by atoms with van der Waals surface area (Å²) in [6.07, 6.45) is 2.68. The Labute approximate surface area is 137 Å². The van der Waals surface area contributed by atoms with Crippen molar-refractivity contribution in [2.24, 2.45) is 0 Å². The van der Waals surface area contributed by atoms with Gasteiger partial charge in [-0.25, -0.2) is 0 Å². The molecule has 3 rings (SSSR count). The molecule has 0 spiro atoms. The lowest BCUT2D eigenvalue weighted by atomic mass is 10.3. The van der Waals surface area contributed by atoms with E-state index in [1.807, 2.05) is 23.5 Å². The maximum atomic E-state index is 4.75. The van der Waals surface area contributed by atoms with Gasteiger partial charge in [0.25, 0.3) is 0 Å². The lowest BCUT2D eigenvalue weighted by Gasteiger charge is -2.18. The van der Waals surface area contributed by atoms with Gasteiger partial charge in [-0.15, -0.1) is 0 Å². The zero-order chi connectivity index (χ0) is 14.3. The second kappa shape index (κ2) is 8.22. The van der Waals surface area contributed by atoms with Gasteiger partial charge in [-0.1, -0.05) is 44.3 Å². The van der Waals surface area contributed by atoms with Crippen molar-refractivity contribution in [3.63, 3.8) is 0 Å². The molecule has 0 atom stereocenters. The fraction of sp³-hybridized carbons (Fsp3) is 0.353. The van der Waals surface area contributed by atoms with Crippen molar-refractivity contribution in [3.05, 3.63) is 59.9 Å². The van der Waals surface area contributed by atoms with E-state index >= 15 is 0 Å². The van der Waals surface area contributed by atoms with Crippen LogP contribution in [0.15, 0.2) is 48.5 Å². The fourth-order valence-electron chi connectivity index (χ4n) is 2.40. The first-order valence-electron chi connectivity index (χ1n) is 7.32. The molecule has 1 aliphatic rings. The van der Waals surface area contributed by atoms with Crippen LogP contribution in [-0.4, -0.2) is 28.8 Å². The second-order valence-corrected chi connectivity index (χ2v) is 9.75. The smallest absolute Gasteiger partial charge is 0.0506 e. The number of nitrogens with zero attached hydrogens (tertiary/aromatic N) is 1. The van der Waals surface area contributed by atoms with Crippen LogP contribution in [0.3, 0.4) is 0 Å². The minimum absolute atomic E-state index is 0.00631. The summed E-state index contributed by atoms with van der Waals surface area (Å²) in [5, 5.41) is 1.57. The number of pyridine rings is 1. The molecule has 1 aromatic carbocycles. The molecule has 0 N–H and O–H groups in total. The summed E-state index contributed by atoms with van der Waals surface area (Å²) in [6, 6.07) is 17.6. The van der Waals surface area contributed by atoms with Crippen LogP contribution in [0.5, 0.6) is 0 Å². The van der Waals surface area contributed by atoms with Crippen molar-refractivity contribution in [2.75, 3.05) is 23.8 Å². The van der Waals surface area contributed by atoms with Crippen LogP contribution in [0.25, 0.3) is 0 Å². The van der Waals surface area contributed by atoms with E-state index in [9.17, 15) is 0 Å². The summed E-state index contributed by atoms with van der Waals surface area (Å²) in [7, 11) is 0.00631. The summed E-state index contributed by atoms with van der Waals surface area (Å²) in [4.78, 5) is 4.75. The Balaban J connectivity index is 1.68. The molecule has 0 unspecified atom stereocenters. The number of aromatic nitrogens is 1. The molecular weight excluding hydrogens is 313 g/mol. The number of hydrogen-bond donors (Lipinski definition) is 0. The number of thioether (sulfide) groups is 2. The van der Waals surface area contributed by atoms with E-state index in [1.54, 1.807) is 5.30 Å². The molecule has 0 radical (unpaired) electrons. The Bertz CT molecular complexity index is 534. The first-order valence-corrected chi connectivity index (χ1v) is 11.3. The van der Waals surface area contributed by atoms with Crippen LogP contribution in [-0.2, 0) is 11.5 Å². The maximum absolute atomic E-state index is 4.75. The minimum Gasteiger partial charge on any atom is -0.256 e. The zero-order valence-corrected chi connectivity index (χ0v) is 14.6. The summed E-state index contributed by atoms with van der Waals surface area (Å²) in [5.74, 6) is 4.60. The van der Waals surface area contributed by atoms with Gasteiger partial charge in [0.2, 0.25) is 0 Å². The zero-order valence-electron chi connectivity index (χ0n) is 12.1. The molecule has 0 fully saturated rings. The van der Waals surface area contributed by atoms with Gasteiger partial charge in [-0.05, 0) is 41.3 Å². The molecular formula is C17H20NPS2. The van der Waals surface area contributed by atoms with E-state index in [-0.39, 0.29) is 7.92 Å².